The summed E-state index contributed by atoms with van der Waals surface area (Å²) in [6.07, 6.45) is 1.22. The van der Waals surface area contributed by atoms with Crippen molar-refractivity contribution < 1.29 is 0 Å². The fourth-order valence-corrected chi connectivity index (χ4v) is 2.13. The minimum absolute atomic E-state index is 0.708. The third-order valence-corrected chi connectivity index (χ3v) is 2.92. The number of rotatable bonds is 4. The first-order valence-corrected chi connectivity index (χ1v) is 4.94. The summed E-state index contributed by atoms with van der Waals surface area (Å²) < 4.78 is 0. The lowest BCUT2D eigenvalue weighted by atomic mass is 10.1. The molecule has 0 aromatic carbocycles. The zero-order chi connectivity index (χ0) is 8.10. The van der Waals surface area contributed by atoms with Crippen LogP contribution in [-0.2, 0) is 0 Å². The van der Waals surface area contributed by atoms with Gasteiger partial charge in [-0.3, -0.25) is 0 Å². The molecule has 0 bridgehead atoms. The maximum absolute atomic E-state index is 3.21. The molecule has 0 aliphatic carbocycles. The zero-order valence-electron chi connectivity index (χ0n) is 7.13. The van der Waals surface area contributed by atoms with Crippen LogP contribution >= 0.6 is 11.3 Å². The normalized spacial score (nSPS) is 13.3. The number of nitrogens with one attached hydrogen (secondary N) is 1. The first kappa shape index (κ1) is 8.75. The average Bonchev–Trinajstić information content (AvgIpc) is 2.52. The van der Waals surface area contributed by atoms with Crippen molar-refractivity contribution in [2.75, 3.05) is 13.6 Å². The third-order valence-electron chi connectivity index (χ3n) is 1.89. The molecular formula is C9H15NS. The highest BCUT2D eigenvalue weighted by Gasteiger charge is 2.07. The van der Waals surface area contributed by atoms with E-state index >= 15 is 0 Å². The summed E-state index contributed by atoms with van der Waals surface area (Å²) in [6.45, 7) is 3.33. The summed E-state index contributed by atoms with van der Waals surface area (Å²) >= 11 is 1.86. The summed E-state index contributed by atoms with van der Waals surface area (Å²) in [6, 6.07) is 4.34. The summed E-state index contributed by atoms with van der Waals surface area (Å²) in [5, 5.41) is 5.36. The van der Waals surface area contributed by atoms with Crippen molar-refractivity contribution in [2.24, 2.45) is 0 Å². The van der Waals surface area contributed by atoms with E-state index < -0.39 is 0 Å². The van der Waals surface area contributed by atoms with Crippen molar-refractivity contribution in [1.29, 1.82) is 0 Å². The van der Waals surface area contributed by atoms with Gasteiger partial charge >= 0.3 is 0 Å². The van der Waals surface area contributed by atoms with E-state index in [1.807, 2.05) is 18.4 Å². The molecule has 1 nitrogen and oxygen atoms in total. The van der Waals surface area contributed by atoms with Gasteiger partial charge in [0.2, 0.25) is 0 Å². The molecular weight excluding hydrogens is 154 g/mol. The molecule has 1 unspecified atom stereocenters. The maximum Gasteiger partial charge on any atom is 0.00887 e. The number of thiophene rings is 1. The van der Waals surface area contributed by atoms with E-state index in [9.17, 15) is 0 Å². The van der Waals surface area contributed by atoms with Gasteiger partial charge in [-0.15, -0.1) is 11.3 Å². The van der Waals surface area contributed by atoms with Crippen molar-refractivity contribution in [3.05, 3.63) is 22.4 Å². The Labute approximate surface area is 72.4 Å². The van der Waals surface area contributed by atoms with Crippen LogP contribution in [0.3, 0.4) is 0 Å². The Hall–Kier alpha value is -0.340. The molecule has 0 aliphatic rings. The Morgan fingerprint density at radius 3 is 2.91 bits per heavy atom. The minimum atomic E-state index is 0.708. The van der Waals surface area contributed by atoms with Crippen LogP contribution in [0.15, 0.2) is 17.5 Å². The van der Waals surface area contributed by atoms with Gasteiger partial charge in [-0.1, -0.05) is 13.0 Å². The van der Waals surface area contributed by atoms with Gasteiger partial charge in [0.15, 0.2) is 0 Å². The molecule has 1 heterocycles. The fourth-order valence-electron chi connectivity index (χ4n) is 1.22. The smallest absolute Gasteiger partial charge is 0.00887 e. The van der Waals surface area contributed by atoms with Crippen LogP contribution in [0, 0.1) is 0 Å². The van der Waals surface area contributed by atoms with E-state index in [4.69, 9.17) is 0 Å². The molecule has 0 fully saturated rings. The Morgan fingerprint density at radius 1 is 1.64 bits per heavy atom. The van der Waals surface area contributed by atoms with Crippen LogP contribution in [0.2, 0.25) is 0 Å². The molecule has 62 valence electrons. The van der Waals surface area contributed by atoms with Gasteiger partial charge in [0.1, 0.15) is 0 Å². The first-order valence-electron chi connectivity index (χ1n) is 4.06. The Kier molecular flexibility index (Phi) is 3.60. The van der Waals surface area contributed by atoms with Gasteiger partial charge in [-0.2, -0.15) is 0 Å². The van der Waals surface area contributed by atoms with Gasteiger partial charge in [-0.25, -0.2) is 0 Å². The van der Waals surface area contributed by atoms with Crippen LogP contribution in [0.25, 0.3) is 0 Å². The molecule has 0 saturated heterocycles. The quantitative estimate of drug-likeness (QED) is 0.730. The van der Waals surface area contributed by atoms with Crippen molar-refractivity contribution in [3.63, 3.8) is 0 Å². The molecule has 0 radical (unpaired) electrons. The summed E-state index contributed by atoms with van der Waals surface area (Å²) in [5.74, 6) is 0.708. The van der Waals surface area contributed by atoms with Gasteiger partial charge in [-0.05, 0) is 24.9 Å². The highest BCUT2D eigenvalue weighted by Crippen LogP contribution is 2.22. The van der Waals surface area contributed by atoms with E-state index in [0.29, 0.717) is 5.92 Å². The molecule has 0 saturated carbocycles. The van der Waals surface area contributed by atoms with E-state index in [0.717, 1.165) is 6.54 Å². The average molecular weight is 169 g/mol. The second-order valence-corrected chi connectivity index (χ2v) is 3.66. The standard InChI is InChI=1S/C9H15NS/c1-3-8(7-10-2)9-5-4-6-11-9/h4-6,8,10H,3,7H2,1-2H3. The second kappa shape index (κ2) is 4.52. The van der Waals surface area contributed by atoms with Crippen molar-refractivity contribution >= 4 is 11.3 Å². The van der Waals surface area contributed by atoms with E-state index in [-0.39, 0.29) is 0 Å². The van der Waals surface area contributed by atoms with Crippen LogP contribution in [0.1, 0.15) is 24.1 Å². The van der Waals surface area contributed by atoms with E-state index in [1.165, 1.54) is 11.3 Å². The largest absolute Gasteiger partial charge is 0.319 e. The van der Waals surface area contributed by atoms with Gasteiger partial charge < -0.3 is 5.32 Å². The molecule has 11 heavy (non-hydrogen) atoms. The van der Waals surface area contributed by atoms with Crippen LogP contribution in [-0.4, -0.2) is 13.6 Å². The van der Waals surface area contributed by atoms with Gasteiger partial charge in [0, 0.05) is 17.3 Å². The molecule has 1 aromatic rings. The molecule has 0 spiro atoms. The molecule has 1 N–H and O–H groups in total. The van der Waals surface area contributed by atoms with Crippen molar-refractivity contribution in [3.8, 4) is 0 Å². The predicted octanol–water partition coefficient (Wildman–Crippen LogP) is 2.46. The summed E-state index contributed by atoms with van der Waals surface area (Å²) in [7, 11) is 2.01. The van der Waals surface area contributed by atoms with E-state index in [2.05, 4.69) is 29.8 Å². The summed E-state index contributed by atoms with van der Waals surface area (Å²) in [4.78, 5) is 1.50. The Balaban J connectivity index is 2.56. The predicted molar refractivity (Wildman–Crippen MR) is 51.3 cm³/mol. The van der Waals surface area contributed by atoms with Crippen LogP contribution in [0.5, 0.6) is 0 Å². The molecule has 0 aliphatic heterocycles. The van der Waals surface area contributed by atoms with Crippen LogP contribution < -0.4 is 5.32 Å². The number of hydrogen-bond donors (Lipinski definition) is 1. The van der Waals surface area contributed by atoms with E-state index in [1.54, 1.807) is 0 Å². The third kappa shape index (κ3) is 2.31. The highest BCUT2D eigenvalue weighted by molar-refractivity contribution is 7.10. The lowest BCUT2D eigenvalue weighted by molar-refractivity contribution is 0.620. The number of likely N-dealkylation sites (N-methyl/N-ethyl adjacent to an activating group) is 1. The highest BCUT2D eigenvalue weighted by atomic mass is 32.1. The first-order chi connectivity index (χ1) is 5.38. The van der Waals surface area contributed by atoms with Gasteiger partial charge in [0.25, 0.3) is 0 Å². The molecule has 1 atom stereocenters. The lowest BCUT2D eigenvalue weighted by Crippen LogP contribution is -2.15. The Bertz CT molecular complexity index is 181. The molecule has 1 aromatic heterocycles. The molecule has 0 amide bonds. The minimum Gasteiger partial charge on any atom is -0.319 e. The van der Waals surface area contributed by atoms with Crippen molar-refractivity contribution in [2.45, 2.75) is 19.3 Å². The zero-order valence-corrected chi connectivity index (χ0v) is 7.95. The van der Waals surface area contributed by atoms with Gasteiger partial charge in [0.05, 0.1) is 0 Å². The fraction of sp³-hybridized carbons (Fsp3) is 0.556. The molecule has 1 rings (SSSR count). The van der Waals surface area contributed by atoms with Crippen LogP contribution in [0.4, 0.5) is 0 Å². The van der Waals surface area contributed by atoms with Crippen molar-refractivity contribution in [1.82, 2.24) is 5.32 Å². The topological polar surface area (TPSA) is 12.0 Å². The maximum atomic E-state index is 3.21. The Morgan fingerprint density at radius 2 is 2.45 bits per heavy atom. The number of hydrogen-bond acceptors (Lipinski definition) is 2. The second-order valence-electron chi connectivity index (χ2n) is 2.68. The summed E-state index contributed by atoms with van der Waals surface area (Å²) in [5.41, 5.74) is 0. The molecule has 2 heteroatoms. The SMILES string of the molecule is CCC(CNC)c1cccs1. The lowest BCUT2D eigenvalue weighted by Gasteiger charge is -2.11. The monoisotopic (exact) mass is 169 g/mol.